The van der Waals surface area contributed by atoms with Crippen molar-refractivity contribution < 1.29 is 4.39 Å². The van der Waals surface area contributed by atoms with Gasteiger partial charge in [-0.05, 0) is 64.5 Å². The van der Waals surface area contributed by atoms with Gasteiger partial charge in [-0.2, -0.15) is 0 Å². The van der Waals surface area contributed by atoms with E-state index in [9.17, 15) is 4.39 Å². The van der Waals surface area contributed by atoms with E-state index >= 15 is 0 Å². The van der Waals surface area contributed by atoms with Crippen molar-refractivity contribution in [3.63, 3.8) is 0 Å². The molecule has 0 bridgehead atoms. The molecule has 0 aromatic rings. The second-order valence-electron chi connectivity index (χ2n) is 9.19. The third-order valence-electron chi connectivity index (χ3n) is 5.55. The lowest BCUT2D eigenvalue weighted by Gasteiger charge is -2.48. The minimum Gasteiger partial charge on any atom is -0.297 e. The fourth-order valence-electron chi connectivity index (χ4n) is 4.10. The van der Waals surface area contributed by atoms with Gasteiger partial charge in [0.15, 0.2) is 0 Å². The lowest BCUT2D eigenvalue weighted by atomic mass is 9.74. The fourth-order valence-corrected chi connectivity index (χ4v) is 4.10. The molecule has 2 aliphatic heterocycles. The normalized spacial score (nSPS) is 34.1. The first-order valence-electron chi connectivity index (χ1n) is 8.72. The molecule has 0 spiro atoms. The summed E-state index contributed by atoms with van der Waals surface area (Å²) in [5, 5.41) is 0. The number of rotatable bonds is 1. The van der Waals surface area contributed by atoms with Crippen LogP contribution in [0, 0.1) is 11.3 Å². The average molecular weight is 298 g/mol. The third-order valence-corrected chi connectivity index (χ3v) is 5.55. The molecule has 0 aliphatic carbocycles. The number of hydrogen-bond donors (Lipinski definition) is 0. The van der Waals surface area contributed by atoms with Gasteiger partial charge in [0.25, 0.3) is 0 Å². The van der Waals surface area contributed by atoms with Crippen molar-refractivity contribution in [3.8, 4) is 0 Å². The Labute approximate surface area is 131 Å². The van der Waals surface area contributed by atoms with Crippen molar-refractivity contribution in [2.75, 3.05) is 26.2 Å². The van der Waals surface area contributed by atoms with Gasteiger partial charge in [0, 0.05) is 24.7 Å². The van der Waals surface area contributed by atoms with Crippen LogP contribution in [0.15, 0.2) is 0 Å². The van der Waals surface area contributed by atoms with E-state index in [2.05, 4.69) is 51.3 Å². The van der Waals surface area contributed by atoms with Crippen LogP contribution in [0.3, 0.4) is 0 Å². The van der Waals surface area contributed by atoms with Crippen molar-refractivity contribution in [1.29, 1.82) is 0 Å². The molecular formula is C18H35FN2. The molecule has 2 rings (SSSR count). The summed E-state index contributed by atoms with van der Waals surface area (Å²) < 4.78 is 14.6. The maximum Gasteiger partial charge on any atom is 0.116 e. The third kappa shape index (κ3) is 4.19. The molecule has 3 heteroatoms. The molecule has 2 nitrogen and oxygen atoms in total. The second kappa shape index (κ2) is 6.16. The molecule has 124 valence electrons. The van der Waals surface area contributed by atoms with E-state index in [1.165, 1.54) is 19.4 Å². The van der Waals surface area contributed by atoms with Gasteiger partial charge in [-0.15, -0.1) is 0 Å². The lowest BCUT2D eigenvalue weighted by molar-refractivity contribution is -0.0202. The summed E-state index contributed by atoms with van der Waals surface area (Å²) in [5.41, 5.74) is 0.326. The summed E-state index contributed by atoms with van der Waals surface area (Å²) in [5.74, 6) is 0.219. The van der Waals surface area contributed by atoms with Crippen molar-refractivity contribution >= 4 is 0 Å². The SMILES string of the molecule is CC(C)(C)[C@@H]1CCN(C2CCCN(C(C)(C)C)C2)C[C@H]1F. The molecule has 2 fully saturated rings. The van der Waals surface area contributed by atoms with E-state index in [0.29, 0.717) is 12.6 Å². The Balaban J connectivity index is 1.95. The minimum absolute atomic E-state index is 0.0928. The number of halogens is 1. The zero-order chi connectivity index (χ0) is 15.8. The van der Waals surface area contributed by atoms with Gasteiger partial charge < -0.3 is 0 Å². The zero-order valence-corrected chi connectivity index (χ0v) is 15.0. The highest BCUT2D eigenvalue weighted by Crippen LogP contribution is 2.37. The predicted octanol–water partition coefficient (Wildman–Crippen LogP) is 3.96. The van der Waals surface area contributed by atoms with E-state index in [1.807, 2.05) is 0 Å². The smallest absolute Gasteiger partial charge is 0.116 e. The van der Waals surface area contributed by atoms with Crippen LogP contribution in [0.5, 0.6) is 0 Å². The molecular weight excluding hydrogens is 263 g/mol. The molecule has 0 radical (unpaired) electrons. The van der Waals surface area contributed by atoms with Crippen LogP contribution in [-0.4, -0.2) is 53.7 Å². The highest BCUT2D eigenvalue weighted by Gasteiger charge is 2.40. The molecule has 2 heterocycles. The van der Waals surface area contributed by atoms with E-state index < -0.39 is 6.17 Å². The average Bonchev–Trinajstić information content (AvgIpc) is 2.36. The summed E-state index contributed by atoms with van der Waals surface area (Å²) >= 11 is 0. The minimum atomic E-state index is -0.663. The zero-order valence-electron chi connectivity index (χ0n) is 15.0. The topological polar surface area (TPSA) is 6.48 Å². The van der Waals surface area contributed by atoms with Crippen LogP contribution < -0.4 is 0 Å². The summed E-state index contributed by atoms with van der Waals surface area (Å²) in [6.07, 6.45) is 2.83. The van der Waals surface area contributed by atoms with E-state index in [-0.39, 0.29) is 16.9 Å². The first-order chi connectivity index (χ1) is 9.59. The van der Waals surface area contributed by atoms with Crippen molar-refractivity contribution in [2.45, 2.75) is 78.6 Å². The highest BCUT2D eigenvalue weighted by molar-refractivity contribution is 4.93. The Kier molecular flexibility index (Phi) is 5.04. The van der Waals surface area contributed by atoms with Gasteiger partial charge >= 0.3 is 0 Å². The summed E-state index contributed by atoms with van der Waals surface area (Å²) in [6, 6.07) is 0.553. The number of likely N-dealkylation sites (tertiary alicyclic amines) is 2. The number of alkyl halides is 1. The molecule has 0 aromatic carbocycles. The van der Waals surface area contributed by atoms with Crippen LogP contribution in [0.4, 0.5) is 4.39 Å². The second-order valence-corrected chi connectivity index (χ2v) is 9.19. The first kappa shape index (κ1) is 17.2. The molecule has 0 N–H and O–H groups in total. The molecule has 0 aromatic heterocycles. The molecule has 1 unspecified atom stereocenters. The number of piperidine rings is 2. The van der Waals surface area contributed by atoms with Crippen molar-refractivity contribution in [1.82, 2.24) is 9.80 Å². The maximum atomic E-state index is 14.6. The van der Waals surface area contributed by atoms with Crippen LogP contribution in [0.25, 0.3) is 0 Å². The Hall–Kier alpha value is -0.150. The highest BCUT2D eigenvalue weighted by atomic mass is 19.1. The molecule has 0 saturated carbocycles. The lowest BCUT2D eigenvalue weighted by Crippen LogP contribution is -2.57. The monoisotopic (exact) mass is 298 g/mol. The quantitative estimate of drug-likeness (QED) is 0.723. The summed E-state index contributed by atoms with van der Waals surface area (Å²) in [7, 11) is 0. The van der Waals surface area contributed by atoms with Gasteiger partial charge in [0.2, 0.25) is 0 Å². The van der Waals surface area contributed by atoms with Crippen LogP contribution >= 0.6 is 0 Å². The molecule has 2 saturated heterocycles. The Morgan fingerprint density at radius 3 is 2.10 bits per heavy atom. The van der Waals surface area contributed by atoms with Gasteiger partial charge in [-0.3, -0.25) is 9.80 Å². The maximum absolute atomic E-state index is 14.6. The Morgan fingerprint density at radius 2 is 1.57 bits per heavy atom. The van der Waals surface area contributed by atoms with Gasteiger partial charge in [0.05, 0.1) is 0 Å². The van der Waals surface area contributed by atoms with Crippen LogP contribution in [0.2, 0.25) is 0 Å². The standard InChI is InChI=1S/C18H35FN2/c1-17(2,3)15-9-11-20(13-16(15)19)14-8-7-10-21(12-14)18(4,5)6/h14-16H,7-13H2,1-6H3/t14?,15-,16-/m1/s1. The largest absolute Gasteiger partial charge is 0.297 e. The summed E-state index contributed by atoms with van der Waals surface area (Å²) in [4.78, 5) is 5.01. The van der Waals surface area contributed by atoms with Gasteiger partial charge in [0.1, 0.15) is 6.17 Å². The van der Waals surface area contributed by atoms with Crippen molar-refractivity contribution in [3.05, 3.63) is 0 Å². The van der Waals surface area contributed by atoms with Gasteiger partial charge in [-0.25, -0.2) is 4.39 Å². The van der Waals surface area contributed by atoms with Crippen LogP contribution in [-0.2, 0) is 0 Å². The molecule has 0 amide bonds. The first-order valence-corrected chi connectivity index (χ1v) is 8.72. The molecule has 2 aliphatic rings. The van der Waals surface area contributed by atoms with Gasteiger partial charge in [-0.1, -0.05) is 20.8 Å². The predicted molar refractivity (Wildman–Crippen MR) is 88.4 cm³/mol. The van der Waals surface area contributed by atoms with E-state index in [4.69, 9.17) is 0 Å². The fraction of sp³-hybridized carbons (Fsp3) is 1.00. The number of nitrogens with zero attached hydrogens (tertiary/aromatic N) is 2. The Morgan fingerprint density at radius 1 is 0.905 bits per heavy atom. The van der Waals surface area contributed by atoms with E-state index in [1.54, 1.807) is 0 Å². The molecule has 21 heavy (non-hydrogen) atoms. The van der Waals surface area contributed by atoms with E-state index in [0.717, 1.165) is 19.5 Å². The number of hydrogen-bond acceptors (Lipinski definition) is 2. The molecule has 3 atom stereocenters. The Bertz CT molecular complexity index is 342. The summed E-state index contributed by atoms with van der Waals surface area (Å²) in [6.45, 7) is 17.4. The van der Waals surface area contributed by atoms with Crippen LogP contribution in [0.1, 0.15) is 60.8 Å². The van der Waals surface area contributed by atoms with Crippen molar-refractivity contribution in [2.24, 2.45) is 11.3 Å².